The zero-order valence-corrected chi connectivity index (χ0v) is 13.9. The van der Waals surface area contributed by atoms with Crippen LogP contribution in [0.4, 0.5) is 13.2 Å². The van der Waals surface area contributed by atoms with Crippen molar-refractivity contribution < 1.29 is 37.8 Å². The number of alkyl halides is 3. The Bertz CT molecular complexity index is 359. The summed E-state index contributed by atoms with van der Waals surface area (Å²) in [5.41, 5.74) is -0.663. The normalized spacial score (nSPS) is 12.1. The minimum atomic E-state index is -4.30. The van der Waals surface area contributed by atoms with Crippen molar-refractivity contribution >= 4 is 8.32 Å². The third-order valence-electron chi connectivity index (χ3n) is 1.90. The molecular weight excluding hydrogens is 303 g/mol. The third-order valence-corrected chi connectivity index (χ3v) is 10.0. The second kappa shape index (κ2) is 5.50. The SMILES string of the molecule is C[Si](C)(C)[O][Zn][O]c1ccc(C(F)(F)F)cc1. The van der Waals surface area contributed by atoms with E-state index in [2.05, 4.69) is 0 Å². The summed E-state index contributed by atoms with van der Waals surface area (Å²) in [4.78, 5) is 0. The van der Waals surface area contributed by atoms with Gasteiger partial charge in [0.1, 0.15) is 0 Å². The summed E-state index contributed by atoms with van der Waals surface area (Å²) in [6.45, 7) is 6.15. The first kappa shape index (κ1) is 14.7. The molecule has 0 saturated carbocycles. The zero-order valence-electron chi connectivity index (χ0n) is 9.97. The molecule has 2 nitrogen and oxygen atoms in total. The topological polar surface area (TPSA) is 18.5 Å². The Hall–Kier alpha value is -0.390. The van der Waals surface area contributed by atoms with Crippen LogP contribution in [-0.2, 0) is 27.3 Å². The second-order valence-electron chi connectivity index (χ2n) is 4.54. The number of hydrogen-bond donors (Lipinski definition) is 0. The fourth-order valence-electron chi connectivity index (χ4n) is 1.01. The molecule has 0 atom stereocenters. The number of hydrogen-bond acceptors (Lipinski definition) is 2. The monoisotopic (exact) mass is 314 g/mol. The zero-order chi connectivity index (χ0) is 13.1. The van der Waals surface area contributed by atoms with Gasteiger partial charge in [0.05, 0.1) is 0 Å². The van der Waals surface area contributed by atoms with Crippen molar-refractivity contribution in [3.05, 3.63) is 29.8 Å². The minimum absolute atomic E-state index is 0.455. The van der Waals surface area contributed by atoms with Gasteiger partial charge in [0.25, 0.3) is 0 Å². The molecule has 0 fully saturated rings. The third kappa shape index (κ3) is 5.66. The van der Waals surface area contributed by atoms with Crippen molar-refractivity contribution in [3.8, 4) is 5.75 Å². The van der Waals surface area contributed by atoms with Gasteiger partial charge in [0, 0.05) is 0 Å². The van der Waals surface area contributed by atoms with Crippen LogP contribution < -0.4 is 3.56 Å². The molecule has 92 valence electrons. The van der Waals surface area contributed by atoms with Crippen molar-refractivity contribution in [2.45, 2.75) is 25.8 Å². The van der Waals surface area contributed by atoms with Gasteiger partial charge in [-0.2, -0.15) is 0 Å². The predicted molar refractivity (Wildman–Crippen MR) is 56.5 cm³/mol. The Morgan fingerprint density at radius 1 is 1.06 bits per heavy atom. The van der Waals surface area contributed by atoms with Gasteiger partial charge in [-0.25, -0.2) is 0 Å². The molecule has 0 unspecified atom stereocenters. The van der Waals surface area contributed by atoms with Crippen molar-refractivity contribution in [2.24, 2.45) is 0 Å². The van der Waals surface area contributed by atoms with Crippen LogP contribution in [0.5, 0.6) is 5.75 Å². The van der Waals surface area contributed by atoms with E-state index >= 15 is 0 Å². The summed E-state index contributed by atoms with van der Waals surface area (Å²) in [6, 6.07) is 4.71. The Kier molecular flexibility index (Phi) is 4.75. The molecular formula is C10H13F3O2SiZn. The molecule has 0 saturated heterocycles. The van der Waals surface area contributed by atoms with Crippen LogP contribution in [0.1, 0.15) is 5.56 Å². The number of rotatable bonds is 4. The molecule has 0 aliphatic heterocycles. The van der Waals surface area contributed by atoms with Crippen LogP contribution in [0.2, 0.25) is 19.6 Å². The van der Waals surface area contributed by atoms with E-state index in [-0.39, 0.29) is 0 Å². The molecule has 7 heteroatoms. The summed E-state index contributed by atoms with van der Waals surface area (Å²) in [6.07, 6.45) is -4.30. The molecule has 0 N–H and O–H groups in total. The first-order valence-electron chi connectivity index (χ1n) is 5.12. The molecule has 1 aromatic rings. The quantitative estimate of drug-likeness (QED) is 0.786. The van der Waals surface area contributed by atoms with Crippen molar-refractivity contribution in [3.63, 3.8) is 0 Å². The first-order chi connectivity index (χ1) is 7.68. The molecule has 17 heavy (non-hydrogen) atoms. The summed E-state index contributed by atoms with van der Waals surface area (Å²) >= 11 is -1.59. The van der Waals surface area contributed by atoms with E-state index < -0.39 is 37.9 Å². The van der Waals surface area contributed by atoms with Crippen LogP contribution in [0.25, 0.3) is 0 Å². The van der Waals surface area contributed by atoms with Gasteiger partial charge in [-0.05, 0) is 0 Å². The van der Waals surface area contributed by atoms with Crippen LogP contribution in [-0.4, -0.2) is 8.32 Å². The van der Waals surface area contributed by atoms with Gasteiger partial charge in [0.2, 0.25) is 0 Å². The number of halogens is 3. The van der Waals surface area contributed by atoms with Gasteiger partial charge in [-0.3, -0.25) is 0 Å². The van der Waals surface area contributed by atoms with Gasteiger partial charge in [-0.1, -0.05) is 0 Å². The molecule has 0 radical (unpaired) electrons. The van der Waals surface area contributed by atoms with E-state index in [1.807, 2.05) is 19.6 Å². The maximum atomic E-state index is 12.3. The molecule has 0 spiro atoms. The van der Waals surface area contributed by atoms with Crippen LogP contribution in [0, 0.1) is 0 Å². The average Bonchev–Trinajstić information content (AvgIpc) is 2.15. The average molecular weight is 316 g/mol. The van der Waals surface area contributed by atoms with E-state index in [0.29, 0.717) is 5.75 Å². The molecule has 1 aromatic carbocycles. The van der Waals surface area contributed by atoms with E-state index in [9.17, 15) is 13.2 Å². The summed E-state index contributed by atoms with van der Waals surface area (Å²) in [7, 11) is -1.57. The van der Waals surface area contributed by atoms with Crippen molar-refractivity contribution in [1.29, 1.82) is 0 Å². The molecule has 1 rings (SSSR count). The van der Waals surface area contributed by atoms with Crippen LogP contribution in [0.3, 0.4) is 0 Å². The van der Waals surface area contributed by atoms with Gasteiger partial charge in [-0.15, -0.1) is 0 Å². The summed E-state index contributed by atoms with van der Waals surface area (Å²) in [5.74, 6) is 0.455. The molecule has 0 amide bonds. The van der Waals surface area contributed by atoms with E-state index in [1.165, 1.54) is 12.1 Å². The fraction of sp³-hybridized carbons (Fsp3) is 0.400. The molecule has 0 bridgehead atoms. The number of benzene rings is 1. The van der Waals surface area contributed by atoms with Gasteiger partial charge < -0.3 is 0 Å². The van der Waals surface area contributed by atoms with E-state index in [1.54, 1.807) is 0 Å². The predicted octanol–water partition coefficient (Wildman–Crippen LogP) is 3.85. The van der Waals surface area contributed by atoms with Gasteiger partial charge in [0.15, 0.2) is 0 Å². The Balaban J connectivity index is 2.52. The van der Waals surface area contributed by atoms with E-state index in [0.717, 1.165) is 12.1 Å². The van der Waals surface area contributed by atoms with E-state index in [4.69, 9.17) is 6.82 Å². The molecule has 0 aliphatic rings. The molecule has 0 aliphatic carbocycles. The Morgan fingerprint density at radius 3 is 2.00 bits per heavy atom. The Morgan fingerprint density at radius 2 is 1.59 bits per heavy atom. The summed E-state index contributed by atoms with van der Waals surface area (Å²) in [5, 5.41) is 0. The van der Waals surface area contributed by atoms with Crippen LogP contribution >= 0.6 is 0 Å². The Labute approximate surface area is 108 Å². The van der Waals surface area contributed by atoms with Crippen molar-refractivity contribution in [2.75, 3.05) is 0 Å². The maximum absolute atomic E-state index is 12.3. The molecule has 0 aromatic heterocycles. The standard InChI is InChI=1S/C7H5F3O.C3H9OSi.Zn/c8-7(9,10)5-1-3-6(11)4-2-5;1-5(2,3)4;/h1-4,11H;1-3H3;/q;-1;+2/p-1. The fourth-order valence-corrected chi connectivity index (χ4v) is 4.71. The van der Waals surface area contributed by atoms with Crippen LogP contribution in [0.15, 0.2) is 24.3 Å². The summed E-state index contributed by atoms with van der Waals surface area (Å²) < 4.78 is 47.8. The van der Waals surface area contributed by atoms with Gasteiger partial charge >= 0.3 is 108 Å². The molecule has 0 heterocycles. The second-order valence-corrected chi connectivity index (χ2v) is 12.0. The van der Waals surface area contributed by atoms with Crippen molar-refractivity contribution in [1.82, 2.24) is 0 Å². The first-order valence-corrected chi connectivity index (χ1v) is 11.0.